The van der Waals surface area contributed by atoms with E-state index in [0.29, 0.717) is 12.0 Å². The maximum absolute atomic E-state index is 13.3. The molecule has 0 aliphatic heterocycles. The van der Waals surface area contributed by atoms with E-state index in [-0.39, 0.29) is 11.5 Å². The first-order chi connectivity index (χ1) is 7.50. The minimum absolute atomic E-state index is 0.0544. The quantitative estimate of drug-likeness (QED) is 0.571. The zero-order valence-corrected chi connectivity index (χ0v) is 9.44. The highest BCUT2D eigenvalue weighted by Gasteiger charge is 2.10. The number of aryl methyl sites for hydroxylation is 1. The van der Waals surface area contributed by atoms with Crippen LogP contribution in [0.2, 0.25) is 0 Å². The van der Waals surface area contributed by atoms with Gasteiger partial charge in [-0.3, -0.25) is 10.1 Å². The Morgan fingerprint density at radius 3 is 2.69 bits per heavy atom. The standard InChI is InChI=1S/C11H15FN2O2/c1-13(2)7-3-4-9-8-10(14(15)16)5-6-11(9)12/h5-6,8H,3-4,7H2,1-2H3. The summed E-state index contributed by atoms with van der Waals surface area (Å²) in [6, 6.07) is 3.65. The van der Waals surface area contributed by atoms with Gasteiger partial charge in [0, 0.05) is 12.1 Å². The van der Waals surface area contributed by atoms with Crippen LogP contribution in [0.5, 0.6) is 0 Å². The molecular formula is C11H15FN2O2. The van der Waals surface area contributed by atoms with Crippen LogP contribution < -0.4 is 0 Å². The maximum atomic E-state index is 13.3. The smallest absolute Gasteiger partial charge is 0.269 e. The number of nitrogens with zero attached hydrogens (tertiary/aromatic N) is 2. The second kappa shape index (κ2) is 5.55. The number of nitro groups is 1. The molecule has 0 unspecified atom stereocenters. The molecule has 1 aromatic carbocycles. The predicted molar refractivity (Wildman–Crippen MR) is 59.9 cm³/mol. The van der Waals surface area contributed by atoms with Crippen LogP contribution in [0.25, 0.3) is 0 Å². The first kappa shape index (κ1) is 12.6. The van der Waals surface area contributed by atoms with Gasteiger partial charge in [0.15, 0.2) is 0 Å². The van der Waals surface area contributed by atoms with E-state index in [0.717, 1.165) is 19.0 Å². The van der Waals surface area contributed by atoms with Gasteiger partial charge in [0.2, 0.25) is 0 Å². The molecular weight excluding hydrogens is 211 g/mol. The van der Waals surface area contributed by atoms with Gasteiger partial charge in [0.25, 0.3) is 5.69 Å². The summed E-state index contributed by atoms with van der Waals surface area (Å²) in [6.45, 7) is 0.835. The van der Waals surface area contributed by atoms with Crippen LogP contribution in [0.4, 0.5) is 10.1 Å². The third kappa shape index (κ3) is 3.58. The van der Waals surface area contributed by atoms with Crippen LogP contribution >= 0.6 is 0 Å². The molecule has 0 atom stereocenters. The lowest BCUT2D eigenvalue weighted by Crippen LogP contribution is -2.13. The SMILES string of the molecule is CN(C)CCCc1cc([N+](=O)[O-])ccc1F. The molecule has 0 aliphatic carbocycles. The van der Waals surface area contributed by atoms with E-state index in [9.17, 15) is 14.5 Å². The van der Waals surface area contributed by atoms with Crippen LogP contribution in [0.3, 0.4) is 0 Å². The summed E-state index contributed by atoms with van der Waals surface area (Å²) in [5.41, 5.74) is 0.359. The lowest BCUT2D eigenvalue weighted by molar-refractivity contribution is -0.385. The fourth-order valence-corrected chi connectivity index (χ4v) is 1.45. The molecule has 0 radical (unpaired) electrons. The summed E-state index contributed by atoms with van der Waals surface area (Å²) in [5, 5.41) is 10.5. The van der Waals surface area contributed by atoms with Crippen molar-refractivity contribution in [1.29, 1.82) is 0 Å². The Morgan fingerprint density at radius 2 is 2.12 bits per heavy atom. The monoisotopic (exact) mass is 226 g/mol. The van der Waals surface area contributed by atoms with Gasteiger partial charge in [-0.15, -0.1) is 0 Å². The van der Waals surface area contributed by atoms with Crippen LogP contribution in [-0.2, 0) is 6.42 Å². The van der Waals surface area contributed by atoms with Gasteiger partial charge < -0.3 is 4.90 Å². The molecule has 0 spiro atoms. The van der Waals surface area contributed by atoms with Crippen molar-refractivity contribution in [2.24, 2.45) is 0 Å². The largest absolute Gasteiger partial charge is 0.309 e. The average Bonchev–Trinajstić information content (AvgIpc) is 2.20. The van der Waals surface area contributed by atoms with Gasteiger partial charge >= 0.3 is 0 Å². The molecule has 0 amide bonds. The van der Waals surface area contributed by atoms with Gasteiger partial charge in [-0.05, 0) is 45.1 Å². The second-order valence-electron chi connectivity index (χ2n) is 3.94. The van der Waals surface area contributed by atoms with Crippen molar-refractivity contribution in [2.45, 2.75) is 12.8 Å². The van der Waals surface area contributed by atoms with E-state index < -0.39 is 4.92 Å². The maximum Gasteiger partial charge on any atom is 0.269 e. The minimum atomic E-state index is -0.505. The predicted octanol–water partition coefficient (Wildman–Crippen LogP) is 2.23. The molecule has 0 N–H and O–H groups in total. The van der Waals surface area contributed by atoms with Crippen molar-refractivity contribution < 1.29 is 9.31 Å². The molecule has 0 saturated carbocycles. The summed E-state index contributed by atoms with van der Waals surface area (Å²) in [6.07, 6.45) is 1.30. The van der Waals surface area contributed by atoms with E-state index in [2.05, 4.69) is 0 Å². The van der Waals surface area contributed by atoms with Crippen molar-refractivity contribution in [3.8, 4) is 0 Å². The highest BCUT2D eigenvalue weighted by atomic mass is 19.1. The van der Waals surface area contributed by atoms with E-state index in [4.69, 9.17) is 0 Å². The Balaban J connectivity index is 2.70. The minimum Gasteiger partial charge on any atom is -0.309 e. The number of nitro benzene ring substituents is 1. The molecule has 0 saturated heterocycles. The van der Waals surface area contributed by atoms with Gasteiger partial charge in [0.1, 0.15) is 5.82 Å². The molecule has 0 aliphatic rings. The lowest BCUT2D eigenvalue weighted by atomic mass is 10.1. The van der Waals surface area contributed by atoms with E-state index in [1.807, 2.05) is 19.0 Å². The Labute approximate surface area is 93.8 Å². The van der Waals surface area contributed by atoms with Gasteiger partial charge in [-0.2, -0.15) is 0 Å². The summed E-state index contributed by atoms with van der Waals surface area (Å²) < 4.78 is 13.3. The molecule has 0 fully saturated rings. The Kier molecular flexibility index (Phi) is 4.37. The van der Waals surface area contributed by atoms with E-state index in [1.54, 1.807) is 0 Å². The summed E-state index contributed by atoms with van der Waals surface area (Å²) in [7, 11) is 3.87. The number of rotatable bonds is 5. The molecule has 88 valence electrons. The molecule has 1 aromatic rings. The number of benzene rings is 1. The van der Waals surface area contributed by atoms with Crippen molar-refractivity contribution >= 4 is 5.69 Å². The van der Waals surface area contributed by atoms with Crippen LogP contribution in [-0.4, -0.2) is 30.5 Å². The topological polar surface area (TPSA) is 46.4 Å². The zero-order valence-electron chi connectivity index (χ0n) is 9.44. The number of hydrogen-bond acceptors (Lipinski definition) is 3. The molecule has 16 heavy (non-hydrogen) atoms. The molecule has 0 aromatic heterocycles. The summed E-state index contributed by atoms with van der Waals surface area (Å²) in [4.78, 5) is 12.0. The van der Waals surface area contributed by atoms with Crippen molar-refractivity contribution in [2.75, 3.05) is 20.6 Å². The summed E-state index contributed by atoms with van der Waals surface area (Å²) in [5.74, 6) is -0.371. The summed E-state index contributed by atoms with van der Waals surface area (Å²) >= 11 is 0. The molecule has 0 bridgehead atoms. The fourth-order valence-electron chi connectivity index (χ4n) is 1.45. The van der Waals surface area contributed by atoms with Crippen molar-refractivity contribution in [3.63, 3.8) is 0 Å². The normalized spacial score (nSPS) is 10.8. The number of halogens is 1. The zero-order chi connectivity index (χ0) is 12.1. The third-order valence-corrected chi connectivity index (χ3v) is 2.29. The molecule has 4 nitrogen and oxygen atoms in total. The molecule has 5 heteroatoms. The number of hydrogen-bond donors (Lipinski definition) is 0. The first-order valence-electron chi connectivity index (χ1n) is 5.08. The Bertz CT molecular complexity index is 380. The molecule has 1 rings (SSSR count). The Hall–Kier alpha value is -1.49. The van der Waals surface area contributed by atoms with Gasteiger partial charge in [-0.1, -0.05) is 0 Å². The van der Waals surface area contributed by atoms with Gasteiger partial charge in [0.05, 0.1) is 4.92 Å². The Morgan fingerprint density at radius 1 is 1.44 bits per heavy atom. The van der Waals surface area contributed by atoms with Gasteiger partial charge in [-0.25, -0.2) is 4.39 Å². The molecule has 0 heterocycles. The van der Waals surface area contributed by atoms with Crippen LogP contribution in [0.15, 0.2) is 18.2 Å². The lowest BCUT2D eigenvalue weighted by Gasteiger charge is -2.09. The second-order valence-corrected chi connectivity index (χ2v) is 3.94. The van der Waals surface area contributed by atoms with Crippen LogP contribution in [0, 0.1) is 15.9 Å². The highest BCUT2D eigenvalue weighted by molar-refractivity contribution is 5.35. The average molecular weight is 226 g/mol. The highest BCUT2D eigenvalue weighted by Crippen LogP contribution is 2.18. The first-order valence-corrected chi connectivity index (χ1v) is 5.08. The number of non-ortho nitro benzene ring substituents is 1. The third-order valence-electron chi connectivity index (χ3n) is 2.29. The van der Waals surface area contributed by atoms with E-state index in [1.165, 1.54) is 12.1 Å². The van der Waals surface area contributed by atoms with Crippen molar-refractivity contribution in [1.82, 2.24) is 4.90 Å². The van der Waals surface area contributed by atoms with E-state index >= 15 is 0 Å². The van der Waals surface area contributed by atoms with Crippen molar-refractivity contribution in [3.05, 3.63) is 39.7 Å². The van der Waals surface area contributed by atoms with Crippen LogP contribution in [0.1, 0.15) is 12.0 Å². The fraction of sp³-hybridized carbons (Fsp3) is 0.455.